The van der Waals surface area contributed by atoms with Crippen LogP contribution in [0.15, 0.2) is 29.3 Å². The molecule has 1 aliphatic rings. The highest BCUT2D eigenvalue weighted by Gasteiger charge is 2.37. The van der Waals surface area contributed by atoms with Crippen molar-refractivity contribution in [3.8, 4) is 0 Å². The van der Waals surface area contributed by atoms with Crippen molar-refractivity contribution in [3.05, 3.63) is 35.4 Å². The Labute approximate surface area is 94.3 Å². The van der Waals surface area contributed by atoms with Crippen molar-refractivity contribution in [2.24, 2.45) is 10.7 Å². The monoisotopic (exact) mass is 243 g/mol. The van der Waals surface area contributed by atoms with Crippen molar-refractivity contribution in [2.75, 3.05) is 0 Å². The van der Waals surface area contributed by atoms with E-state index in [-0.39, 0.29) is 11.4 Å². The summed E-state index contributed by atoms with van der Waals surface area (Å²) >= 11 is 0. The number of hydrogen-bond acceptors (Lipinski definition) is 2. The van der Waals surface area contributed by atoms with E-state index in [4.69, 9.17) is 5.73 Å². The number of alkyl halides is 3. The number of carbonyl (C=O) groups excluding carboxylic acids is 1. The third-order valence-corrected chi connectivity index (χ3v) is 2.37. The van der Waals surface area contributed by atoms with E-state index in [1.807, 2.05) is 0 Å². The Bertz CT molecular complexity index is 496. The molecule has 0 aliphatic carbocycles. The van der Waals surface area contributed by atoms with Gasteiger partial charge in [0.1, 0.15) is 11.9 Å². The molecule has 1 aromatic carbocycles. The minimum Gasteiger partial charge on any atom is -0.385 e. The second-order valence-electron chi connectivity index (χ2n) is 3.50. The van der Waals surface area contributed by atoms with Crippen LogP contribution in [0.2, 0.25) is 0 Å². The van der Waals surface area contributed by atoms with Crippen LogP contribution < -0.4 is 11.1 Å². The standard InChI is InChI=1S/C10H8F3N3O/c11-10(12,13)6-4-2-1-3-5(6)7-8(14)16-9(17)15-7/h1-4,7H,(H3,14,15,16,17). The first-order chi connectivity index (χ1) is 7.89. The molecule has 2 amide bonds. The van der Waals surface area contributed by atoms with Crippen molar-refractivity contribution >= 4 is 11.9 Å². The summed E-state index contributed by atoms with van der Waals surface area (Å²) in [5.41, 5.74) is 4.48. The fourth-order valence-electron chi connectivity index (χ4n) is 1.66. The SMILES string of the molecule is NC1=NC(=O)NC1c1ccccc1C(F)(F)F. The maximum Gasteiger partial charge on any atom is 0.416 e. The minimum atomic E-state index is -4.50. The molecule has 1 aromatic rings. The zero-order chi connectivity index (χ0) is 12.6. The number of nitrogens with one attached hydrogen (secondary N) is 1. The Morgan fingerprint density at radius 2 is 1.94 bits per heavy atom. The molecule has 0 fully saturated rings. The van der Waals surface area contributed by atoms with Crippen LogP contribution in [-0.4, -0.2) is 11.9 Å². The summed E-state index contributed by atoms with van der Waals surface area (Å²) in [6, 6.07) is 3.18. The van der Waals surface area contributed by atoms with Gasteiger partial charge in [-0.15, -0.1) is 0 Å². The molecule has 0 aromatic heterocycles. The molecule has 3 N–H and O–H groups in total. The van der Waals surface area contributed by atoms with Gasteiger partial charge in [-0.3, -0.25) is 0 Å². The second kappa shape index (κ2) is 3.76. The van der Waals surface area contributed by atoms with Crippen LogP contribution in [0.1, 0.15) is 17.2 Å². The van der Waals surface area contributed by atoms with Crippen molar-refractivity contribution in [3.63, 3.8) is 0 Å². The lowest BCUT2D eigenvalue weighted by atomic mass is 10.00. The van der Waals surface area contributed by atoms with Crippen LogP contribution in [0.5, 0.6) is 0 Å². The number of amides is 2. The Morgan fingerprint density at radius 1 is 1.29 bits per heavy atom. The molecular weight excluding hydrogens is 235 g/mol. The summed E-state index contributed by atoms with van der Waals surface area (Å²) in [4.78, 5) is 14.3. The summed E-state index contributed by atoms with van der Waals surface area (Å²) < 4.78 is 38.2. The van der Waals surface area contributed by atoms with Crippen molar-refractivity contribution in [1.29, 1.82) is 0 Å². The zero-order valence-electron chi connectivity index (χ0n) is 8.45. The summed E-state index contributed by atoms with van der Waals surface area (Å²) in [6.07, 6.45) is -4.50. The van der Waals surface area contributed by atoms with Gasteiger partial charge in [0, 0.05) is 0 Å². The lowest BCUT2D eigenvalue weighted by Crippen LogP contribution is -2.30. The first-order valence-electron chi connectivity index (χ1n) is 4.70. The molecule has 1 aliphatic heterocycles. The van der Waals surface area contributed by atoms with Crippen molar-refractivity contribution in [2.45, 2.75) is 12.2 Å². The number of halogens is 3. The van der Waals surface area contributed by atoms with E-state index in [0.717, 1.165) is 6.07 Å². The normalized spacial score (nSPS) is 20.1. The van der Waals surface area contributed by atoms with Gasteiger partial charge in [0.25, 0.3) is 0 Å². The van der Waals surface area contributed by atoms with Crippen LogP contribution in [-0.2, 0) is 6.18 Å². The van der Waals surface area contributed by atoms with Gasteiger partial charge in [-0.25, -0.2) is 4.79 Å². The van der Waals surface area contributed by atoms with E-state index in [1.54, 1.807) is 0 Å². The number of nitrogens with zero attached hydrogens (tertiary/aromatic N) is 1. The molecule has 1 heterocycles. The van der Waals surface area contributed by atoms with Crippen molar-refractivity contribution < 1.29 is 18.0 Å². The summed E-state index contributed by atoms with van der Waals surface area (Å²) in [5, 5.41) is 2.26. The number of urea groups is 1. The van der Waals surface area contributed by atoms with E-state index in [1.165, 1.54) is 18.2 Å². The second-order valence-corrected chi connectivity index (χ2v) is 3.50. The first-order valence-corrected chi connectivity index (χ1v) is 4.70. The van der Waals surface area contributed by atoms with Gasteiger partial charge in [-0.1, -0.05) is 18.2 Å². The van der Waals surface area contributed by atoms with E-state index in [0.29, 0.717) is 0 Å². The third-order valence-electron chi connectivity index (χ3n) is 2.37. The van der Waals surface area contributed by atoms with Gasteiger partial charge < -0.3 is 11.1 Å². The van der Waals surface area contributed by atoms with Gasteiger partial charge in [0.05, 0.1) is 5.56 Å². The number of carbonyl (C=O) groups is 1. The molecule has 1 atom stereocenters. The summed E-state index contributed by atoms with van der Waals surface area (Å²) in [6.45, 7) is 0. The summed E-state index contributed by atoms with van der Waals surface area (Å²) in [5.74, 6) is -0.160. The number of nitrogens with two attached hydrogens (primary N) is 1. The number of aliphatic imine (C=N–C) groups is 1. The smallest absolute Gasteiger partial charge is 0.385 e. The molecular formula is C10H8F3N3O. The molecule has 1 unspecified atom stereocenters. The first kappa shape index (κ1) is 11.4. The predicted molar refractivity (Wildman–Crippen MR) is 54.3 cm³/mol. The average Bonchev–Trinajstić information content (AvgIpc) is 2.56. The van der Waals surface area contributed by atoms with E-state index in [9.17, 15) is 18.0 Å². The Morgan fingerprint density at radius 3 is 2.47 bits per heavy atom. The Hall–Kier alpha value is -2.05. The molecule has 2 rings (SSSR count). The van der Waals surface area contributed by atoms with E-state index >= 15 is 0 Å². The van der Waals surface area contributed by atoms with E-state index in [2.05, 4.69) is 10.3 Å². The predicted octanol–water partition coefficient (Wildman–Crippen LogP) is 1.83. The molecule has 17 heavy (non-hydrogen) atoms. The van der Waals surface area contributed by atoms with Gasteiger partial charge >= 0.3 is 12.2 Å². The number of amidine groups is 1. The van der Waals surface area contributed by atoms with Gasteiger partial charge in [0.15, 0.2) is 0 Å². The fraction of sp³-hybridized carbons (Fsp3) is 0.200. The highest BCUT2D eigenvalue weighted by molar-refractivity contribution is 6.03. The molecule has 0 radical (unpaired) electrons. The topological polar surface area (TPSA) is 67.5 Å². The van der Waals surface area contributed by atoms with Gasteiger partial charge in [-0.2, -0.15) is 18.2 Å². The molecule has 7 heteroatoms. The molecule has 0 saturated heterocycles. The Kier molecular flexibility index (Phi) is 2.53. The van der Waals surface area contributed by atoms with Crippen LogP contribution in [0.4, 0.5) is 18.0 Å². The fourth-order valence-corrected chi connectivity index (χ4v) is 1.66. The summed E-state index contributed by atoms with van der Waals surface area (Å²) in [7, 11) is 0. The van der Waals surface area contributed by atoms with Crippen LogP contribution >= 0.6 is 0 Å². The molecule has 0 saturated carbocycles. The quantitative estimate of drug-likeness (QED) is 0.790. The van der Waals surface area contributed by atoms with Crippen LogP contribution in [0.3, 0.4) is 0 Å². The number of benzene rings is 1. The van der Waals surface area contributed by atoms with E-state index < -0.39 is 23.8 Å². The number of rotatable bonds is 1. The van der Waals surface area contributed by atoms with Gasteiger partial charge in [0.2, 0.25) is 0 Å². The maximum absolute atomic E-state index is 12.7. The van der Waals surface area contributed by atoms with Crippen molar-refractivity contribution in [1.82, 2.24) is 5.32 Å². The zero-order valence-corrected chi connectivity index (χ0v) is 8.45. The highest BCUT2D eigenvalue weighted by Crippen LogP contribution is 2.35. The average molecular weight is 243 g/mol. The minimum absolute atomic E-state index is 0.105. The molecule has 0 spiro atoms. The molecule has 4 nitrogen and oxygen atoms in total. The van der Waals surface area contributed by atoms with Crippen LogP contribution in [0, 0.1) is 0 Å². The largest absolute Gasteiger partial charge is 0.416 e. The maximum atomic E-state index is 12.7. The lowest BCUT2D eigenvalue weighted by molar-refractivity contribution is -0.138. The Balaban J connectivity index is 2.47. The van der Waals surface area contributed by atoms with Crippen LogP contribution in [0.25, 0.3) is 0 Å². The number of hydrogen-bond donors (Lipinski definition) is 2. The van der Waals surface area contributed by atoms with Gasteiger partial charge in [-0.05, 0) is 11.6 Å². The molecule has 90 valence electrons. The lowest BCUT2D eigenvalue weighted by Gasteiger charge is -2.17. The molecule has 0 bridgehead atoms. The third kappa shape index (κ3) is 2.08. The highest BCUT2D eigenvalue weighted by atomic mass is 19.4.